The lowest BCUT2D eigenvalue weighted by atomic mass is 10.0. The van der Waals surface area contributed by atoms with Crippen molar-refractivity contribution in [3.63, 3.8) is 0 Å². The summed E-state index contributed by atoms with van der Waals surface area (Å²) < 4.78 is 26.8. The van der Waals surface area contributed by atoms with Crippen LogP contribution >= 0.6 is 23.2 Å². The van der Waals surface area contributed by atoms with Crippen molar-refractivity contribution in [2.45, 2.75) is 30.7 Å². The fraction of sp³-hybridized carbons (Fsp3) is 0.263. The molecule has 0 heterocycles. The Morgan fingerprint density at radius 3 is 2.03 bits per heavy atom. The maximum Gasteiger partial charge on any atom is 0.312 e. The van der Waals surface area contributed by atoms with Crippen LogP contribution in [0, 0.1) is 0 Å². The molecular formula is C19H21Cl2N3O4S. The molecule has 3 amide bonds. The first-order chi connectivity index (χ1) is 13.6. The summed E-state index contributed by atoms with van der Waals surface area (Å²) in [6, 6.07) is 10.4. The molecule has 0 aliphatic heterocycles. The van der Waals surface area contributed by atoms with E-state index in [1.165, 1.54) is 24.3 Å². The third-order valence-corrected chi connectivity index (χ3v) is 6.41. The molecular weight excluding hydrogens is 437 g/mol. The van der Waals surface area contributed by atoms with Gasteiger partial charge >= 0.3 is 6.03 Å². The summed E-state index contributed by atoms with van der Waals surface area (Å²) >= 11 is 11.7. The molecule has 3 N–H and O–H groups in total. The van der Waals surface area contributed by atoms with Crippen molar-refractivity contribution in [1.29, 1.82) is 0 Å². The highest BCUT2D eigenvalue weighted by Gasteiger charge is 2.30. The third kappa shape index (κ3) is 6.09. The molecule has 0 spiro atoms. The number of rotatable bonds is 8. The topological polar surface area (TPSA) is 110 Å². The molecule has 0 aliphatic carbocycles. The van der Waals surface area contributed by atoms with E-state index in [0.29, 0.717) is 22.0 Å². The number of nitrogens with two attached hydrogens (primary N) is 1. The molecule has 0 radical (unpaired) electrons. The van der Waals surface area contributed by atoms with Crippen molar-refractivity contribution in [2.75, 3.05) is 6.54 Å². The predicted molar refractivity (Wildman–Crippen MR) is 112 cm³/mol. The minimum absolute atomic E-state index is 0.00625. The number of sulfonamides is 1. The maximum absolute atomic E-state index is 13.0. The Morgan fingerprint density at radius 1 is 1.03 bits per heavy atom. The lowest BCUT2D eigenvalue weighted by Gasteiger charge is -2.25. The Hall–Kier alpha value is -2.29. The van der Waals surface area contributed by atoms with Gasteiger partial charge in [0, 0.05) is 16.6 Å². The summed E-state index contributed by atoms with van der Waals surface area (Å²) in [5.74, 6) is -0.671. The highest BCUT2D eigenvalue weighted by molar-refractivity contribution is 7.89. The van der Waals surface area contributed by atoms with E-state index in [1.54, 1.807) is 31.2 Å². The number of primary amides is 1. The maximum atomic E-state index is 13.0. The fourth-order valence-corrected chi connectivity index (χ4v) is 4.46. The Kier molecular flexibility index (Phi) is 7.89. The number of hydrogen-bond donors (Lipinski definition) is 2. The number of carbonyl (C=O) groups is 2. The Morgan fingerprint density at radius 2 is 1.55 bits per heavy atom. The van der Waals surface area contributed by atoms with E-state index in [1.807, 2.05) is 0 Å². The first-order valence-corrected chi connectivity index (χ1v) is 11.0. The molecule has 1 atom stereocenters. The van der Waals surface area contributed by atoms with E-state index >= 15 is 0 Å². The van der Waals surface area contributed by atoms with E-state index in [-0.39, 0.29) is 17.9 Å². The molecule has 0 saturated carbocycles. The van der Waals surface area contributed by atoms with E-state index in [2.05, 4.69) is 5.32 Å². The van der Waals surface area contributed by atoms with E-state index < -0.39 is 28.0 Å². The first-order valence-electron chi connectivity index (χ1n) is 8.77. The molecule has 0 aliphatic rings. The van der Waals surface area contributed by atoms with Gasteiger partial charge in [0.05, 0.1) is 17.4 Å². The minimum atomic E-state index is -4.08. The molecule has 0 unspecified atom stereocenters. The second kappa shape index (κ2) is 9.96. The number of nitrogens with one attached hydrogen (secondary N) is 1. The Bertz CT molecular complexity index is 964. The van der Waals surface area contributed by atoms with Crippen molar-refractivity contribution >= 4 is 45.2 Å². The molecule has 2 aromatic rings. The van der Waals surface area contributed by atoms with Crippen LogP contribution in [0.25, 0.3) is 0 Å². The van der Waals surface area contributed by atoms with Crippen LogP contribution in [0.1, 0.15) is 31.4 Å². The zero-order valence-corrected chi connectivity index (χ0v) is 18.0. The zero-order chi connectivity index (χ0) is 21.6. The van der Waals surface area contributed by atoms with Crippen LogP contribution in [0.2, 0.25) is 10.0 Å². The van der Waals surface area contributed by atoms with Gasteiger partial charge in [0.25, 0.3) is 10.0 Å². The monoisotopic (exact) mass is 457 g/mol. The fourth-order valence-electron chi connectivity index (χ4n) is 2.71. The quantitative estimate of drug-likeness (QED) is 0.628. The summed E-state index contributed by atoms with van der Waals surface area (Å²) in [6.07, 6.45) is 0.130. The number of halogens is 2. The number of benzene rings is 2. The van der Waals surface area contributed by atoms with E-state index in [4.69, 9.17) is 28.9 Å². The molecule has 0 saturated heterocycles. The second-order valence-corrected chi connectivity index (χ2v) is 8.98. The Balaban J connectivity index is 2.33. The largest absolute Gasteiger partial charge is 0.352 e. The second-order valence-electron chi connectivity index (χ2n) is 6.24. The van der Waals surface area contributed by atoms with Gasteiger partial charge in [-0.2, -0.15) is 0 Å². The summed E-state index contributed by atoms with van der Waals surface area (Å²) in [4.78, 5) is 24.3. The van der Waals surface area contributed by atoms with Gasteiger partial charge in [-0.15, -0.1) is 0 Å². The summed E-state index contributed by atoms with van der Waals surface area (Å²) in [5, 5.41) is 3.34. The smallest absolute Gasteiger partial charge is 0.312 e. The van der Waals surface area contributed by atoms with Gasteiger partial charge in [0.2, 0.25) is 5.91 Å². The summed E-state index contributed by atoms with van der Waals surface area (Å²) in [5.41, 5.74) is 5.80. The summed E-state index contributed by atoms with van der Waals surface area (Å²) in [6.45, 7) is 1.75. The number of hydrogen-bond acceptors (Lipinski definition) is 4. The number of carbonyl (C=O) groups excluding carboxylic acids is 2. The number of nitrogens with zero attached hydrogens (tertiary/aromatic N) is 1. The zero-order valence-electron chi connectivity index (χ0n) is 15.6. The molecule has 10 heteroatoms. The molecule has 29 heavy (non-hydrogen) atoms. The van der Waals surface area contributed by atoms with Crippen LogP contribution in [0.15, 0.2) is 53.4 Å². The minimum Gasteiger partial charge on any atom is -0.352 e. The lowest BCUT2D eigenvalue weighted by molar-refractivity contribution is -0.127. The van der Waals surface area contributed by atoms with Crippen LogP contribution in [0.5, 0.6) is 0 Å². The molecule has 0 bridgehead atoms. The van der Waals surface area contributed by atoms with Crippen LogP contribution in [0.3, 0.4) is 0 Å². The van der Waals surface area contributed by atoms with Crippen molar-refractivity contribution in [1.82, 2.24) is 9.62 Å². The average molecular weight is 458 g/mol. The lowest BCUT2D eigenvalue weighted by Crippen LogP contribution is -2.41. The normalized spacial score (nSPS) is 12.2. The van der Waals surface area contributed by atoms with E-state index in [9.17, 15) is 18.0 Å². The van der Waals surface area contributed by atoms with E-state index in [0.717, 1.165) is 4.31 Å². The molecule has 2 rings (SSSR count). The average Bonchev–Trinajstić information content (AvgIpc) is 2.66. The standard InChI is InChI=1S/C19H21Cl2N3O4S/c1-2-11-24(29(27,28)16-9-7-15(21)8-10-16)18(25)12-17(23-19(22)26)13-3-5-14(20)6-4-13/h3-10,17H,2,11-12H2,1H3,(H3,22,23,26)/t17-/m1/s1. The van der Waals surface area contributed by atoms with Gasteiger partial charge in [-0.05, 0) is 48.4 Å². The van der Waals surface area contributed by atoms with Crippen molar-refractivity contribution < 1.29 is 18.0 Å². The SMILES string of the molecule is CCCN(C(=O)C[C@@H](NC(N)=O)c1ccc(Cl)cc1)S(=O)(=O)c1ccc(Cl)cc1. The molecule has 7 nitrogen and oxygen atoms in total. The van der Waals surface area contributed by atoms with Crippen molar-refractivity contribution in [2.24, 2.45) is 5.73 Å². The van der Waals surface area contributed by atoms with Gasteiger partial charge in [-0.1, -0.05) is 42.3 Å². The van der Waals surface area contributed by atoms with Gasteiger partial charge in [0.15, 0.2) is 0 Å². The highest BCUT2D eigenvalue weighted by Crippen LogP contribution is 2.24. The van der Waals surface area contributed by atoms with Crippen LogP contribution in [-0.2, 0) is 14.8 Å². The Labute approximate surface area is 179 Å². The van der Waals surface area contributed by atoms with Crippen LogP contribution in [0.4, 0.5) is 4.79 Å². The number of amides is 3. The van der Waals surface area contributed by atoms with Gasteiger partial charge < -0.3 is 11.1 Å². The predicted octanol–water partition coefficient (Wildman–Crippen LogP) is 3.72. The highest BCUT2D eigenvalue weighted by atomic mass is 35.5. The molecule has 0 fully saturated rings. The van der Waals surface area contributed by atoms with Gasteiger partial charge in [-0.25, -0.2) is 17.5 Å². The van der Waals surface area contributed by atoms with Gasteiger partial charge in [0.1, 0.15) is 0 Å². The molecule has 2 aromatic carbocycles. The summed E-state index contributed by atoms with van der Waals surface area (Å²) in [7, 11) is -4.08. The number of urea groups is 1. The first kappa shape index (κ1) is 23.0. The van der Waals surface area contributed by atoms with Crippen molar-refractivity contribution in [3.05, 3.63) is 64.1 Å². The third-order valence-electron chi connectivity index (χ3n) is 4.07. The molecule has 0 aromatic heterocycles. The molecule has 156 valence electrons. The van der Waals surface area contributed by atoms with Gasteiger partial charge in [-0.3, -0.25) is 4.79 Å². The van der Waals surface area contributed by atoms with Crippen molar-refractivity contribution in [3.8, 4) is 0 Å². The van der Waals surface area contributed by atoms with Crippen LogP contribution in [-0.4, -0.2) is 31.2 Å². The van der Waals surface area contributed by atoms with Crippen LogP contribution < -0.4 is 11.1 Å².